The number of hydrogen-bond donors (Lipinski definition) is 1. The second-order valence-corrected chi connectivity index (χ2v) is 7.56. The lowest BCUT2D eigenvalue weighted by atomic mass is 10.0. The van der Waals surface area contributed by atoms with Crippen LogP contribution in [0.5, 0.6) is 0 Å². The van der Waals surface area contributed by atoms with Crippen LogP contribution in [0, 0.1) is 6.92 Å². The number of benzene rings is 2. The van der Waals surface area contributed by atoms with Gasteiger partial charge in [-0.25, -0.2) is 9.36 Å². The molecule has 0 aliphatic rings. The second kappa shape index (κ2) is 8.51. The zero-order chi connectivity index (χ0) is 22.8. The number of amides is 1. The van der Waals surface area contributed by atoms with Crippen LogP contribution in [0.25, 0.3) is 28.0 Å². The molecule has 3 aromatic heterocycles. The molecule has 0 saturated carbocycles. The van der Waals surface area contributed by atoms with Crippen molar-refractivity contribution in [1.82, 2.24) is 25.1 Å². The molecule has 0 atom stereocenters. The van der Waals surface area contributed by atoms with Crippen molar-refractivity contribution < 1.29 is 9.21 Å². The maximum atomic E-state index is 13.0. The predicted molar refractivity (Wildman–Crippen MR) is 123 cm³/mol. The summed E-state index contributed by atoms with van der Waals surface area (Å²) < 4.78 is 6.85. The lowest BCUT2D eigenvalue weighted by molar-refractivity contribution is 0.0950. The zero-order valence-corrected chi connectivity index (χ0v) is 17.7. The maximum Gasteiger partial charge on any atom is 0.424 e. The molecule has 0 radical (unpaired) electrons. The fourth-order valence-electron chi connectivity index (χ4n) is 3.57. The van der Waals surface area contributed by atoms with Gasteiger partial charge in [0.1, 0.15) is 0 Å². The molecule has 0 aliphatic heterocycles. The van der Waals surface area contributed by atoms with Crippen molar-refractivity contribution in [3.63, 3.8) is 0 Å². The Hall–Kier alpha value is -4.59. The highest BCUT2D eigenvalue weighted by Gasteiger charge is 2.16. The Labute approximate surface area is 188 Å². The van der Waals surface area contributed by atoms with Gasteiger partial charge in [-0.1, -0.05) is 18.2 Å². The summed E-state index contributed by atoms with van der Waals surface area (Å²) in [5, 5.41) is 10.7. The summed E-state index contributed by atoms with van der Waals surface area (Å²) >= 11 is 0. The number of fused-ring (bicyclic) bond motifs is 1. The Morgan fingerprint density at radius 2 is 1.94 bits per heavy atom. The van der Waals surface area contributed by atoms with Gasteiger partial charge >= 0.3 is 5.76 Å². The molecule has 0 spiro atoms. The molecule has 5 rings (SSSR count). The number of nitrogens with one attached hydrogen (secondary N) is 1. The van der Waals surface area contributed by atoms with Gasteiger partial charge in [-0.05, 0) is 61.0 Å². The Morgan fingerprint density at radius 3 is 2.73 bits per heavy atom. The van der Waals surface area contributed by atoms with Crippen molar-refractivity contribution in [3.05, 3.63) is 106 Å². The van der Waals surface area contributed by atoms with Crippen LogP contribution in [0.2, 0.25) is 0 Å². The summed E-state index contributed by atoms with van der Waals surface area (Å²) in [4.78, 5) is 30.2. The number of oxazole rings is 1. The number of aromatic nitrogens is 4. The Morgan fingerprint density at radius 1 is 1.06 bits per heavy atom. The van der Waals surface area contributed by atoms with Crippen molar-refractivity contribution in [3.8, 4) is 16.9 Å². The van der Waals surface area contributed by atoms with Gasteiger partial charge in [0.05, 0.1) is 29.1 Å². The monoisotopic (exact) mass is 437 g/mol. The number of hydrogen-bond acceptors (Lipinski definition) is 6. The molecule has 1 amide bonds. The van der Waals surface area contributed by atoms with Gasteiger partial charge in [-0.15, -0.1) is 0 Å². The van der Waals surface area contributed by atoms with Crippen LogP contribution in [0.1, 0.15) is 21.6 Å². The number of nitrogens with zero attached hydrogens (tertiary/aromatic N) is 4. The highest BCUT2D eigenvalue weighted by molar-refractivity contribution is 5.96. The summed E-state index contributed by atoms with van der Waals surface area (Å²) in [6, 6.07) is 19.7. The van der Waals surface area contributed by atoms with Crippen molar-refractivity contribution in [2.45, 2.75) is 13.5 Å². The van der Waals surface area contributed by atoms with Crippen LogP contribution in [-0.4, -0.2) is 25.7 Å². The summed E-state index contributed by atoms with van der Waals surface area (Å²) in [5.41, 5.74) is 5.02. The van der Waals surface area contributed by atoms with Crippen LogP contribution in [0.4, 0.5) is 0 Å². The first kappa shape index (κ1) is 20.3. The molecule has 162 valence electrons. The molecular formula is C25H19N5O3. The average Bonchev–Trinajstić information content (AvgIpc) is 3.19. The quantitative estimate of drug-likeness (QED) is 0.450. The third kappa shape index (κ3) is 4.14. The standard InChI is InChI=1S/C25H19N5O3/c1-16-8-9-21(26-14-16)17-11-18(24(31)27-15-19-5-4-10-28-29-19)13-20(12-17)30-22-6-2-3-7-23(22)33-25(30)32/h2-14H,15H2,1H3,(H,27,31). The molecule has 0 unspecified atom stereocenters. The fourth-order valence-corrected chi connectivity index (χ4v) is 3.57. The molecule has 0 bridgehead atoms. The van der Waals surface area contributed by atoms with E-state index < -0.39 is 5.76 Å². The van der Waals surface area contributed by atoms with Gasteiger partial charge in [-0.3, -0.25) is 9.78 Å². The summed E-state index contributed by atoms with van der Waals surface area (Å²) in [6.07, 6.45) is 3.33. The molecule has 33 heavy (non-hydrogen) atoms. The van der Waals surface area contributed by atoms with Crippen molar-refractivity contribution >= 4 is 17.0 Å². The number of rotatable bonds is 5. The van der Waals surface area contributed by atoms with E-state index in [0.717, 1.165) is 5.56 Å². The number of carbonyl (C=O) groups excluding carboxylic acids is 1. The van der Waals surface area contributed by atoms with Crippen molar-refractivity contribution in [2.24, 2.45) is 0 Å². The highest BCUT2D eigenvalue weighted by Crippen LogP contribution is 2.25. The molecule has 8 heteroatoms. The van der Waals surface area contributed by atoms with Crippen molar-refractivity contribution in [1.29, 1.82) is 0 Å². The van der Waals surface area contributed by atoms with Crippen LogP contribution >= 0.6 is 0 Å². The fraction of sp³-hybridized carbons (Fsp3) is 0.0800. The third-order valence-corrected chi connectivity index (χ3v) is 5.19. The average molecular weight is 437 g/mol. The van der Waals surface area contributed by atoms with E-state index in [1.807, 2.05) is 31.2 Å². The van der Waals surface area contributed by atoms with Gasteiger partial charge in [0.25, 0.3) is 5.91 Å². The normalized spacial score (nSPS) is 10.9. The molecular weight excluding hydrogens is 418 g/mol. The van der Waals surface area contributed by atoms with E-state index >= 15 is 0 Å². The highest BCUT2D eigenvalue weighted by atomic mass is 16.4. The van der Waals surface area contributed by atoms with E-state index in [9.17, 15) is 9.59 Å². The van der Waals surface area contributed by atoms with Crippen LogP contribution in [0.15, 0.2) is 88.3 Å². The minimum Gasteiger partial charge on any atom is -0.407 e. The summed E-state index contributed by atoms with van der Waals surface area (Å²) in [5.74, 6) is -0.840. The minimum absolute atomic E-state index is 0.226. The van der Waals surface area contributed by atoms with Gasteiger partial charge < -0.3 is 9.73 Å². The number of carbonyl (C=O) groups is 1. The first-order valence-electron chi connectivity index (χ1n) is 10.3. The number of para-hydroxylation sites is 2. The van der Waals surface area contributed by atoms with E-state index in [0.29, 0.717) is 39.3 Å². The molecule has 0 aliphatic carbocycles. The zero-order valence-electron chi connectivity index (χ0n) is 17.7. The molecule has 8 nitrogen and oxygen atoms in total. The van der Waals surface area contributed by atoms with E-state index in [1.165, 1.54) is 4.57 Å². The lowest BCUT2D eigenvalue weighted by Gasteiger charge is -2.11. The van der Waals surface area contributed by atoms with Crippen LogP contribution in [-0.2, 0) is 6.54 Å². The molecule has 0 fully saturated rings. The smallest absolute Gasteiger partial charge is 0.407 e. The second-order valence-electron chi connectivity index (χ2n) is 7.56. The van der Waals surface area contributed by atoms with Gasteiger partial charge in [0.15, 0.2) is 5.58 Å². The first-order valence-corrected chi connectivity index (χ1v) is 10.3. The maximum absolute atomic E-state index is 13.0. The van der Waals surface area contributed by atoms with E-state index in [4.69, 9.17) is 4.42 Å². The SMILES string of the molecule is Cc1ccc(-c2cc(C(=O)NCc3cccnn3)cc(-n3c(=O)oc4ccccc43)c2)nc1. The summed E-state index contributed by atoms with van der Waals surface area (Å²) in [7, 11) is 0. The third-order valence-electron chi connectivity index (χ3n) is 5.19. The molecule has 3 heterocycles. The summed E-state index contributed by atoms with van der Waals surface area (Å²) in [6.45, 7) is 2.18. The first-order chi connectivity index (χ1) is 16.1. The van der Waals surface area contributed by atoms with Crippen LogP contribution < -0.4 is 11.1 Å². The Balaban J connectivity index is 1.60. The Bertz CT molecular complexity index is 1510. The van der Waals surface area contributed by atoms with E-state index in [-0.39, 0.29) is 12.5 Å². The Kier molecular flexibility index (Phi) is 5.24. The van der Waals surface area contributed by atoms with Gasteiger partial charge in [0.2, 0.25) is 0 Å². The van der Waals surface area contributed by atoms with E-state index in [1.54, 1.807) is 54.9 Å². The predicted octanol–water partition coefficient (Wildman–Crippen LogP) is 3.67. The van der Waals surface area contributed by atoms with Crippen molar-refractivity contribution in [2.75, 3.05) is 0 Å². The van der Waals surface area contributed by atoms with Gasteiger partial charge in [-0.2, -0.15) is 10.2 Å². The number of pyridine rings is 1. The van der Waals surface area contributed by atoms with Gasteiger partial charge in [0, 0.05) is 23.5 Å². The van der Waals surface area contributed by atoms with E-state index in [2.05, 4.69) is 20.5 Å². The number of aryl methyl sites for hydroxylation is 1. The molecule has 5 aromatic rings. The minimum atomic E-state index is -0.531. The molecule has 1 N–H and O–H groups in total. The lowest BCUT2D eigenvalue weighted by Crippen LogP contribution is -2.24. The molecule has 0 saturated heterocycles. The van der Waals surface area contributed by atoms with Crippen LogP contribution in [0.3, 0.4) is 0 Å². The topological polar surface area (TPSA) is 103 Å². The molecule has 2 aromatic carbocycles. The largest absolute Gasteiger partial charge is 0.424 e.